The zero-order valence-electron chi connectivity index (χ0n) is 13.6. The van der Waals surface area contributed by atoms with Crippen LogP contribution in [0.25, 0.3) is 0 Å². The van der Waals surface area contributed by atoms with Gasteiger partial charge >= 0.3 is 5.97 Å². The van der Waals surface area contributed by atoms with Crippen molar-refractivity contribution in [1.29, 1.82) is 0 Å². The molecule has 0 aliphatic heterocycles. The van der Waals surface area contributed by atoms with Crippen LogP contribution in [0.15, 0.2) is 42.5 Å². The normalized spacial score (nSPS) is 9.45. The second-order valence-corrected chi connectivity index (χ2v) is 4.34. The van der Waals surface area contributed by atoms with Crippen molar-refractivity contribution in [1.82, 2.24) is 4.98 Å². The molecule has 1 heterocycles. The molecule has 1 aromatic carbocycles. The summed E-state index contributed by atoms with van der Waals surface area (Å²) in [6.45, 7) is 8.44. The molecule has 0 saturated heterocycles. The first-order valence-corrected chi connectivity index (χ1v) is 7.51. The van der Waals surface area contributed by atoms with E-state index in [9.17, 15) is 4.79 Å². The lowest BCUT2D eigenvalue weighted by atomic mass is 10.2. The fourth-order valence-electron chi connectivity index (χ4n) is 1.67. The summed E-state index contributed by atoms with van der Waals surface area (Å²) in [5.41, 5.74) is 2.17. The van der Waals surface area contributed by atoms with Crippen molar-refractivity contribution < 1.29 is 14.3 Å². The highest BCUT2D eigenvalue weighted by atomic mass is 16.5. The van der Waals surface area contributed by atoms with Crippen LogP contribution in [0.4, 0.5) is 0 Å². The van der Waals surface area contributed by atoms with E-state index in [0.29, 0.717) is 24.6 Å². The third kappa shape index (κ3) is 5.56. The topological polar surface area (TPSA) is 48.4 Å². The maximum absolute atomic E-state index is 11.6. The fourth-order valence-corrected chi connectivity index (χ4v) is 1.67. The molecule has 0 atom stereocenters. The lowest BCUT2D eigenvalue weighted by Gasteiger charge is -2.07. The summed E-state index contributed by atoms with van der Waals surface area (Å²) in [5.74, 6) is 0.364. The molecule has 2 rings (SSSR count). The monoisotopic (exact) mass is 301 g/mol. The summed E-state index contributed by atoms with van der Waals surface area (Å²) < 4.78 is 10.5. The Morgan fingerprint density at radius 1 is 1.09 bits per heavy atom. The summed E-state index contributed by atoms with van der Waals surface area (Å²) in [4.78, 5) is 15.8. The van der Waals surface area contributed by atoms with E-state index < -0.39 is 5.97 Å². The number of esters is 1. The number of carbonyl (C=O) groups is 1. The fraction of sp³-hybridized carbons (Fsp3) is 0.333. The van der Waals surface area contributed by atoms with Gasteiger partial charge in [0.15, 0.2) is 0 Å². The molecule has 0 N–H and O–H groups in total. The molecule has 4 heteroatoms. The summed E-state index contributed by atoms with van der Waals surface area (Å²) in [7, 11) is 0. The Morgan fingerprint density at radius 3 is 2.41 bits per heavy atom. The summed E-state index contributed by atoms with van der Waals surface area (Å²) in [6, 6.07) is 13.0. The van der Waals surface area contributed by atoms with Gasteiger partial charge in [-0.2, -0.15) is 0 Å². The van der Waals surface area contributed by atoms with Gasteiger partial charge in [0.1, 0.15) is 18.1 Å². The largest absolute Gasteiger partial charge is 0.487 e. The van der Waals surface area contributed by atoms with E-state index in [4.69, 9.17) is 9.47 Å². The van der Waals surface area contributed by atoms with Gasteiger partial charge in [0.05, 0.1) is 12.3 Å². The van der Waals surface area contributed by atoms with Gasteiger partial charge in [-0.25, -0.2) is 9.78 Å². The summed E-state index contributed by atoms with van der Waals surface area (Å²) >= 11 is 0. The molecule has 0 unspecified atom stereocenters. The first-order valence-electron chi connectivity index (χ1n) is 7.51. The second kappa shape index (κ2) is 9.55. The molecule has 0 saturated carbocycles. The van der Waals surface area contributed by atoms with Crippen molar-refractivity contribution >= 4 is 5.97 Å². The van der Waals surface area contributed by atoms with Crippen molar-refractivity contribution in [3.05, 3.63) is 59.4 Å². The lowest BCUT2D eigenvalue weighted by molar-refractivity contribution is 0.0519. The molecule has 0 fully saturated rings. The number of aryl methyl sites for hydroxylation is 1. The zero-order chi connectivity index (χ0) is 16.4. The Morgan fingerprint density at radius 2 is 1.77 bits per heavy atom. The molecule has 2 aromatic rings. The van der Waals surface area contributed by atoms with Crippen LogP contribution in [-0.2, 0) is 11.3 Å². The smallest absolute Gasteiger partial charge is 0.356 e. The molecule has 0 aliphatic rings. The van der Waals surface area contributed by atoms with Crippen LogP contribution in [0, 0.1) is 6.92 Å². The van der Waals surface area contributed by atoms with Gasteiger partial charge in [-0.3, -0.25) is 0 Å². The van der Waals surface area contributed by atoms with Crippen LogP contribution in [-0.4, -0.2) is 17.6 Å². The molecular weight excluding hydrogens is 278 g/mol. The molecule has 1 aromatic heterocycles. The van der Waals surface area contributed by atoms with Gasteiger partial charge in [-0.15, -0.1) is 0 Å². The minimum absolute atomic E-state index is 0.303. The van der Waals surface area contributed by atoms with Crippen molar-refractivity contribution in [3.8, 4) is 5.75 Å². The molecule has 0 amide bonds. The predicted octanol–water partition coefficient (Wildman–Crippen LogP) is 4.17. The van der Waals surface area contributed by atoms with Crippen LogP contribution in [0.3, 0.4) is 0 Å². The zero-order valence-corrected chi connectivity index (χ0v) is 13.6. The van der Waals surface area contributed by atoms with E-state index >= 15 is 0 Å². The Labute approximate surface area is 132 Å². The number of carbonyl (C=O) groups excluding carboxylic acids is 1. The second-order valence-electron chi connectivity index (χ2n) is 4.34. The van der Waals surface area contributed by atoms with Crippen LogP contribution in [0.2, 0.25) is 0 Å². The molecule has 0 bridgehead atoms. The van der Waals surface area contributed by atoms with Crippen LogP contribution < -0.4 is 4.74 Å². The number of nitrogens with zero attached hydrogens (tertiary/aromatic N) is 1. The summed E-state index contributed by atoms with van der Waals surface area (Å²) in [6.07, 6.45) is 0. The van der Waals surface area contributed by atoms with E-state index in [1.54, 1.807) is 19.1 Å². The number of hydrogen-bond donors (Lipinski definition) is 0. The lowest BCUT2D eigenvalue weighted by Crippen LogP contribution is -2.09. The van der Waals surface area contributed by atoms with Crippen molar-refractivity contribution in [3.63, 3.8) is 0 Å². The van der Waals surface area contributed by atoms with E-state index in [1.165, 1.54) is 5.56 Å². The van der Waals surface area contributed by atoms with Gasteiger partial charge in [0, 0.05) is 0 Å². The molecule has 22 heavy (non-hydrogen) atoms. The van der Waals surface area contributed by atoms with Crippen molar-refractivity contribution in [2.45, 2.75) is 34.3 Å². The highest BCUT2D eigenvalue weighted by Crippen LogP contribution is 2.13. The van der Waals surface area contributed by atoms with Gasteiger partial charge < -0.3 is 9.47 Å². The van der Waals surface area contributed by atoms with E-state index in [-0.39, 0.29) is 0 Å². The Bertz CT molecular complexity index is 579. The first kappa shape index (κ1) is 17.7. The third-order valence-corrected chi connectivity index (χ3v) is 2.70. The number of ether oxygens (including phenoxy) is 2. The standard InChI is InChI=1S/C16H17NO3.C2H6/c1-3-19-16(18)15-6-4-5-13(17-15)11-20-14-9-7-12(2)8-10-14;1-2/h4-10H,3,11H2,1-2H3;1-2H3. The molecule has 0 spiro atoms. The number of pyridine rings is 1. The number of hydrogen-bond acceptors (Lipinski definition) is 4. The molecule has 118 valence electrons. The molecular formula is C18H23NO3. The third-order valence-electron chi connectivity index (χ3n) is 2.70. The molecule has 4 nitrogen and oxygen atoms in total. The first-order chi connectivity index (χ1) is 10.7. The highest BCUT2D eigenvalue weighted by Gasteiger charge is 2.08. The summed E-state index contributed by atoms with van der Waals surface area (Å²) in [5, 5.41) is 0. The SMILES string of the molecule is CC.CCOC(=O)c1cccc(COc2ccc(C)cc2)n1. The van der Waals surface area contributed by atoms with Crippen LogP contribution in [0.5, 0.6) is 5.75 Å². The van der Waals surface area contributed by atoms with E-state index in [0.717, 1.165) is 5.75 Å². The maximum atomic E-state index is 11.6. The van der Waals surface area contributed by atoms with Crippen LogP contribution >= 0.6 is 0 Å². The van der Waals surface area contributed by atoms with Gasteiger partial charge in [-0.05, 0) is 38.1 Å². The maximum Gasteiger partial charge on any atom is 0.356 e. The molecule has 0 aliphatic carbocycles. The quantitative estimate of drug-likeness (QED) is 0.778. The van der Waals surface area contributed by atoms with Crippen LogP contribution in [0.1, 0.15) is 42.5 Å². The number of aromatic nitrogens is 1. The predicted molar refractivity (Wildman–Crippen MR) is 87.1 cm³/mol. The average Bonchev–Trinajstić information content (AvgIpc) is 2.57. The minimum atomic E-state index is -0.412. The number of rotatable bonds is 5. The Kier molecular flexibility index (Phi) is 7.68. The minimum Gasteiger partial charge on any atom is -0.487 e. The highest BCUT2D eigenvalue weighted by molar-refractivity contribution is 5.87. The van der Waals surface area contributed by atoms with Gasteiger partial charge in [-0.1, -0.05) is 37.6 Å². The van der Waals surface area contributed by atoms with E-state index in [2.05, 4.69) is 4.98 Å². The van der Waals surface area contributed by atoms with Crippen molar-refractivity contribution in [2.75, 3.05) is 6.61 Å². The Hall–Kier alpha value is -2.36. The number of benzene rings is 1. The molecule has 0 radical (unpaired) electrons. The van der Waals surface area contributed by atoms with Crippen molar-refractivity contribution in [2.24, 2.45) is 0 Å². The Balaban J connectivity index is 0.00000116. The van der Waals surface area contributed by atoms with E-state index in [1.807, 2.05) is 51.1 Å². The average molecular weight is 301 g/mol. The van der Waals surface area contributed by atoms with Gasteiger partial charge in [0.25, 0.3) is 0 Å². The van der Waals surface area contributed by atoms with Gasteiger partial charge in [0.2, 0.25) is 0 Å².